The fraction of sp³-hybridized carbons (Fsp3) is 0.381. The number of benzene rings is 1. The Morgan fingerprint density at radius 2 is 1.93 bits per heavy atom. The molecule has 29 heavy (non-hydrogen) atoms. The van der Waals surface area contributed by atoms with Gasteiger partial charge in [0, 0.05) is 25.8 Å². The molecule has 0 spiro atoms. The fourth-order valence-electron chi connectivity index (χ4n) is 3.89. The van der Waals surface area contributed by atoms with Gasteiger partial charge in [-0.2, -0.15) is 4.98 Å². The van der Waals surface area contributed by atoms with E-state index in [0.29, 0.717) is 29.6 Å². The summed E-state index contributed by atoms with van der Waals surface area (Å²) in [6.45, 7) is 9.41. The third-order valence-electron chi connectivity index (χ3n) is 5.25. The Kier molecular flexibility index (Phi) is 4.56. The average molecular weight is 395 g/mol. The first-order valence-electron chi connectivity index (χ1n) is 9.57. The smallest absolute Gasteiger partial charge is 0.332 e. The van der Waals surface area contributed by atoms with Crippen LogP contribution < -0.4 is 20.9 Å². The van der Waals surface area contributed by atoms with Gasteiger partial charge in [0.15, 0.2) is 11.2 Å². The largest absolute Gasteiger partial charge is 0.497 e. The predicted octanol–water partition coefficient (Wildman–Crippen LogP) is 2.27. The molecule has 152 valence electrons. The summed E-state index contributed by atoms with van der Waals surface area (Å²) in [4.78, 5) is 32.8. The monoisotopic (exact) mass is 395 g/mol. The van der Waals surface area contributed by atoms with Crippen LogP contribution in [0, 0.1) is 5.92 Å². The first-order chi connectivity index (χ1) is 13.8. The molecule has 8 nitrogen and oxygen atoms in total. The minimum atomic E-state index is -0.384. The lowest BCUT2D eigenvalue weighted by Crippen LogP contribution is -2.40. The maximum atomic E-state index is 13.2. The molecule has 0 amide bonds. The SMILES string of the molecule is C=C(C)Cn1c(=O)c2c(nc3n2C[C@@H](C)CN3c2ccc(OC)cc2)n(C)c1=O. The molecule has 0 bridgehead atoms. The molecule has 0 fully saturated rings. The van der Waals surface area contributed by atoms with Crippen molar-refractivity contribution in [2.75, 3.05) is 18.6 Å². The lowest BCUT2D eigenvalue weighted by Gasteiger charge is -2.33. The van der Waals surface area contributed by atoms with Crippen LogP contribution in [0.1, 0.15) is 13.8 Å². The number of imidazole rings is 1. The van der Waals surface area contributed by atoms with Gasteiger partial charge in [-0.3, -0.25) is 13.9 Å². The molecule has 4 rings (SSSR count). The van der Waals surface area contributed by atoms with Crippen LogP contribution in [-0.2, 0) is 20.1 Å². The van der Waals surface area contributed by atoms with Crippen LogP contribution in [0.15, 0.2) is 46.0 Å². The number of anilines is 2. The van der Waals surface area contributed by atoms with Gasteiger partial charge in [-0.25, -0.2) is 4.79 Å². The first kappa shape index (κ1) is 19.0. The number of ether oxygens (including phenoxy) is 1. The molecule has 1 aromatic carbocycles. The number of hydrogen-bond acceptors (Lipinski definition) is 5. The van der Waals surface area contributed by atoms with Gasteiger partial charge >= 0.3 is 5.69 Å². The molecule has 0 unspecified atom stereocenters. The van der Waals surface area contributed by atoms with Gasteiger partial charge in [0.25, 0.3) is 5.56 Å². The third-order valence-corrected chi connectivity index (χ3v) is 5.25. The van der Waals surface area contributed by atoms with E-state index in [1.165, 1.54) is 9.13 Å². The van der Waals surface area contributed by atoms with Crippen molar-refractivity contribution in [1.29, 1.82) is 0 Å². The van der Waals surface area contributed by atoms with E-state index in [4.69, 9.17) is 9.72 Å². The van der Waals surface area contributed by atoms with Crippen molar-refractivity contribution in [2.24, 2.45) is 13.0 Å². The Hall–Kier alpha value is -3.29. The van der Waals surface area contributed by atoms with Crippen molar-refractivity contribution < 1.29 is 4.74 Å². The van der Waals surface area contributed by atoms with Crippen molar-refractivity contribution >= 4 is 22.8 Å². The van der Waals surface area contributed by atoms with Gasteiger partial charge in [-0.05, 0) is 37.1 Å². The van der Waals surface area contributed by atoms with E-state index in [9.17, 15) is 9.59 Å². The van der Waals surface area contributed by atoms with Gasteiger partial charge < -0.3 is 14.2 Å². The van der Waals surface area contributed by atoms with E-state index in [1.54, 1.807) is 21.1 Å². The fourth-order valence-corrected chi connectivity index (χ4v) is 3.89. The molecule has 1 atom stereocenters. The molecule has 2 aromatic heterocycles. The lowest BCUT2D eigenvalue weighted by molar-refractivity contribution is 0.414. The molecular formula is C21H25N5O3. The van der Waals surface area contributed by atoms with Gasteiger partial charge in [-0.1, -0.05) is 19.1 Å². The quantitative estimate of drug-likeness (QED) is 0.634. The van der Waals surface area contributed by atoms with Crippen LogP contribution in [0.4, 0.5) is 11.6 Å². The number of nitrogens with zero attached hydrogens (tertiary/aromatic N) is 5. The third kappa shape index (κ3) is 3.04. The molecule has 3 aromatic rings. The number of fused-ring (bicyclic) bond motifs is 3. The zero-order valence-corrected chi connectivity index (χ0v) is 17.2. The second-order valence-corrected chi connectivity index (χ2v) is 7.80. The number of aryl methyl sites for hydroxylation is 1. The van der Waals surface area contributed by atoms with Crippen LogP contribution in [0.2, 0.25) is 0 Å². The Labute approximate surface area is 168 Å². The van der Waals surface area contributed by atoms with E-state index in [2.05, 4.69) is 18.4 Å². The molecule has 1 aliphatic heterocycles. The van der Waals surface area contributed by atoms with Crippen molar-refractivity contribution in [3.63, 3.8) is 0 Å². The summed E-state index contributed by atoms with van der Waals surface area (Å²) in [6.07, 6.45) is 0. The van der Waals surface area contributed by atoms with Gasteiger partial charge in [-0.15, -0.1) is 0 Å². The lowest BCUT2D eigenvalue weighted by atomic mass is 10.1. The zero-order chi connectivity index (χ0) is 20.9. The average Bonchev–Trinajstić information content (AvgIpc) is 3.08. The molecule has 0 N–H and O–H groups in total. The van der Waals surface area contributed by atoms with Crippen LogP contribution in [0.25, 0.3) is 11.2 Å². The summed E-state index contributed by atoms with van der Waals surface area (Å²) in [5, 5.41) is 0. The van der Waals surface area contributed by atoms with Gasteiger partial charge in [0.1, 0.15) is 5.75 Å². The zero-order valence-electron chi connectivity index (χ0n) is 17.2. The highest BCUT2D eigenvalue weighted by molar-refractivity contribution is 5.77. The highest BCUT2D eigenvalue weighted by atomic mass is 16.5. The normalized spacial score (nSPS) is 16.1. The molecule has 0 aliphatic carbocycles. The van der Waals surface area contributed by atoms with Crippen LogP contribution in [0.3, 0.4) is 0 Å². The molecule has 0 saturated heterocycles. The van der Waals surface area contributed by atoms with Crippen molar-refractivity contribution in [2.45, 2.75) is 26.9 Å². The number of allylic oxidation sites excluding steroid dienone is 1. The Balaban J connectivity index is 1.96. The number of rotatable bonds is 4. The maximum absolute atomic E-state index is 13.2. The second-order valence-electron chi connectivity index (χ2n) is 7.80. The molecule has 0 saturated carbocycles. The molecular weight excluding hydrogens is 370 g/mol. The summed E-state index contributed by atoms with van der Waals surface area (Å²) < 4.78 is 9.87. The Bertz CT molecular complexity index is 1220. The van der Waals surface area contributed by atoms with E-state index < -0.39 is 0 Å². The summed E-state index contributed by atoms with van der Waals surface area (Å²) >= 11 is 0. The summed E-state index contributed by atoms with van der Waals surface area (Å²) in [5.74, 6) is 1.74. The van der Waals surface area contributed by atoms with Crippen LogP contribution in [0.5, 0.6) is 5.75 Å². The predicted molar refractivity (Wildman–Crippen MR) is 113 cm³/mol. The van der Waals surface area contributed by atoms with E-state index in [1.807, 2.05) is 28.8 Å². The second kappa shape index (κ2) is 6.95. The van der Waals surface area contributed by atoms with Crippen LogP contribution >= 0.6 is 0 Å². The van der Waals surface area contributed by atoms with E-state index in [-0.39, 0.29) is 17.8 Å². The topological polar surface area (TPSA) is 74.3 Å². The van der Waals surface area contributed by atoms with Crippen molar-refractivity contribution in [3.05, 3.63) is 57.3 Å². The number of aromatic nitrogens is 4. The van der Waals surface area contributed by atoms with Gasteiger partial charge in [0.2, 0.25) is 5.95 Å². The van der Waals surface area contributed by atoms with Crippen molar-refractivity contribution in [1.82, 2.24) is 18.7 Å². The summed E-state index contributed by atoms with van der Waals surface area (Å²) in [6, 6.07) is 7.74. The summed E-state index contributed by atoms with van der Waals surface area (Å²) in [7, 11) is 3.28. The van der Waals surface area contributed by atoms with Crippen LogP contribution in [-0.4, -0.2) is 32.3 Å². The minimum absolute atomic E-state index is 0.194. The Morgan fingerprint density at radius 3 is 2.55 bits per heavy atom. The number of hydrogen-bond donors (Lipinski definition) is 0. The summed E-state index contributed by atoms with van der Waals surface area (Å²) in [5.41, 5.74) is 1.85. The van der Waals surface area contributed by atoms with Crippen molar-refractivity contribution in [3.8, 4) is 5.75 Å². The highest BCUT2D eigenvalue weighted by Crippen LogP contribution is 2.33. The van der Waals surface area contributed by atoms with E-state index in [0.717, 1.165) is 23.6 Å². The van der Waals surface area contributed by atoms with E-state index >= 15 is 0 Å². The minimum Gasteiger partial charge on any atom is -0.497 e. The highest BCUT2D eigenvalue weighted by Gasteiger charge is 2.29. The van der Waals surface area contributed by atoms with Gasteiger partial charge in [0.05, 0.1) is 13.7 Å². The first-order valence-corrected chi connectivity index (χ1v) is 9.57. The molecule has 8 heteroatoms. The maximum Gasteiger partial charge on any atom is 0.332 e. The Morgan fingerprint density at radius 1 is 1.24 bits per heavy atom. The molecule has 0 radical (unpaired) electrons. The molecule has 3 heterocycles. The number of methoxy groups -OCH3 is 1. The standard InChI is InChI=1S/C21H25N5O3/c1-13(2)10-26-19(27)17-18(23(4)21(26)28)22-20-24(11-14(3)12-25(17)20)15-6-8-16(29-5)9-7-15/h6-9,14H,1,10-12H2,2-5H3/t14-/m0/s1. The molecule has 1 aliphatic rings.